The molecule has 5 rings (SSSR count). The standard InChI is InChI=1S/C30H35N3O4/c1-20-21(2)31-27-7-5-23(16-26(20)27)15-24-18-25(33-10-13-36-14-11-33)19-30(32-24)37-12-9-22-6-8-28(34-3)29(17-22)35-4/h5-8,16-19,31H,9-15H2,1-4H3. The van der Waals surface area contributed by atoms with Crippen LogP contribution in [0.2, 0.25) is 0 Å². The van der Waals surface area contributed by atoms with Crippen molar-refractivity contribution in [3.8, 4) is 17.4 Å². The Morgan fingerprint density at radius 3 is 2.49 bits per heavy atom. The number of H-pyrrole nitrogens is 1. The number of hydrogen-bond donors (Lipinski definition) is 1. The van der Waals surface area contributed by atoms with E-state index in [0.29, 0.717) is 12.5 Å². The van der Waals surface area contributed by atoms with Crippen molar-refractivity contribution >= 4 is 16.6 Å². The first-order chi connectivity index (χ1) is 18.0. The molecule has 0 saturated carbocycles. The third kappa shape index (κ3) is 5.67. The molecule has 7 heteroatoms. The summed E-state index contributed by atoms with van der Waals surface area (Å²) in [6.07, 6.45) is 1.48. The van der Waals surface area contributed by atoms with Gasteiger partial charge in [-0.1, -0.05) is 12.1 Å². The number of aromatic amines is 1. The van der Waals surface area contributed by atoms with Crippen molar-refractivity contribution < 1.29 is 18.9 Å². The number of hydrogen-bond acceptors (Lipinski definition) is 6. The zero-order valence-electron chi connectivity index (χ0n) is 22.1. The smallest absolute Gasteiger partial charge is 0.215 e. The fourth-order valence-corrected chi connectivity index (χ4v) is 4.85. The van der Waals surface area contributed by atoms with Crippen LogP contribution < -0.4 is 19.1 Å². The molecule has 7 nitrogen and oxygen atoms in total. The lowest BCUT2D eigenvalue weighted by Crippen LogP contribution is -2.36. The second kappa shape index (κ2) is 11.1. The quantitative estimate of drug-likeness (QED) is 0.338. The average molecular weight is 502 g/mol. The number of anilines is 1. The maximum atomic E-state index is 6.20. The van der Waals surface area contributed by atoms with E-state index in [1.807, 2.05) is 24.3 Å². The highest BCUT2D eigenvalue weighted by atomic mass is 16.5. The molecular weight excluding hydrogens is 466 g/mol. The number of rotatable bonds is 9. The minimum absolute atomic E-state index is 0.516. The highest BCUT2D eigenvalue weighted by molar-refractivity contribution is 5.85. The Morgan fingerprint density at radius 1 is 0.919 bits per heavy atom. The zero-order valence-corrected chi connectivity index (χ0v) is 22.1. The second-order valence-electron chi connectivity index (χ2n) is 9.47. The summed E-state index contributed by atoms with van der Waals surface area (Å²) in [6.45, 7) is 7.99. The number of ether oxygens (including phenoxy) is 4. The predicted octanol–water partition coefficient (Wildman–Crippen LogP) is 5.25. The van der Waals surface area contributed by atoms with Gasteiger partial charge in [0.25, 0.3) is 0 Å². The Hall–Kier alpha value is -3.71. The minimum atomic E-state index is 0.516. The second-order valence-corrected chi connectivity index (χ2v) is 9.47. The molecule has 1 fully saturated rings. The molecule has 194 valence electrons. The van der Waals surface area contributed by atoms with E-state index < -0.39 is 0 Å². The molecule has 1 aliphatic heterocycles. The highest BCUT2D eigenvalue weighted by Crippen LogP contribution is 2.29. The first-order valence-corrected chi connectivity index (χ1v) is 12.8. The lowest BCUT2D eigenvalue weighted by Gasteiger charge is -2.29. The molecule has 1 saturated heterocycles. The summed E-state index contributed by atoms with van der Waals surface area (Å²) >= 11 is 0. The van der Waals surface area contributed by atoms with Crippen molar-refractivity contribution in [2.45, 2.75) is 26.7 Å². The normalized spacial score (nSPS) is 13.7. The van der Waals surface area contributed by atoms with Gasteiger partial charge in [0.05, 0.1) is 39.7 Å². The van der Waals surface area contributed by atoms with Crippen LogP contribution in [-0.2, 0) is 17.6 Å². The predicted molar refractivity (Wildman–Crippen MR) is 147 cm³/mol. The van der Waals surface area contributed by atoms with Crippen LogP contribution in [0.4, 0.5) is 5.69 Å². The van der Waals surface area contributed by atoms with Gasteiger partial charge >= 0.3 is 0 Å². The molecule has 0 amide bonds. The Morgan fingerprint density at radius 2 is 1.70 bits per heavy atom. The van der Waals surface area contributed by atoms with Crippen molar-refractivity contribution in [2.75, 3.05) is 52.0 Å². The molecule has 0 spiro atoms. The van der Waals surface area contributed by atoms with Crippen LogP contribution in [0.3, 0.4) is 0 Å². The van der Waals surface area contributed by atoms with Crippen LogP contribution >= 0.6 is 0 Å². The maximum absolute atomic E-state index is 6.20. The van der Waals surface area contributed by atoms with E-state index in [-0.39, 0.29) is 0 Å². The fraction of sp³-hybridized carbons (Fsp3) is 0.367. The Bertz CT molecular complexity index is 1380. The van der Waals surface area contributed by atoms with Gasteiger partial charge in [0.2, 0.25) is 5.88 Å². The number of benzene rings is 2. The fourth-order valence-electron chi connectivity index (χ4n) is 4.85. The van der Waals surface area contributed by atoms with Crippen LogP contribution in [0.25, 0.3) is 10.9 Å². The Labute approximate surface area is 218 Å². The number of nitrogens with one attached hydrogen (secondary N) is 1. The molecular formula is C30H35N3O4. The van der Waals surface area contributed by atoms with E-state index in [2.05, 4.69) is 48.0 Å². The molecule has 3 heterocycles. The van der Waals surface area contributed by atoms with E-state index >= 15 is 0 Å². The van der Waals surface area contributed by atoms with Crippen LogP contribution in [0.5, 0.6) is 17.4 Å². The highest BCUT2D eigenvalue weighted by Gasteiger charge is 2.15. The van der Waals surface area contributed by atoms with Gasteiger partial charge in [-0.2, -0.15) is 0 Å². The lowest BCUT2D eigenvalue weighted by molar-refractivity contribution is 0.122. The van der Waals surface area contributed by atoms with Crippen LogP contribution in [0.15, 0.2) is 48.5 Å². The molecule has 2 aromatic heterocycles. The molecule has 0 aliphatic carbocycles. The first-order valence-electron chi connectivity index (χ1n) is 12.8. The van der Waals surface area contributed by atoms with E-state index in [1.165, 1.54) is 27.7 Å². The summed E-state index contributed by atoms with van der Waals surface area (Å²) in [4.78, 5) is 10.7. The number of methoxy groups -OCH3 is 2. The van der Waals surface area contributed by atoms with Crippen LogP contribution in [0, 0.1) is 13.8 Å². The van der Waals surface area contributed by atoms with E-state index in [1.54, 1.807) is 14.2 Å². The van der Waals surface area contributed by atoms with Gasteiger partial charge in [0, 0.05) is 54.3 Å². The molecule has 1 aliphatic rings. The first kappa shape index (κ1) is 25.0. The molecule has 0 atom stereocenters. The minimum Gasteiger partial charge on any atom is -0.493 e. The number of morpholine rings is 1. The molecule has 1 N–H and O–H groups in total. The molecule has 4 aromatic rings. The van der Waals surface area contributed by atoms with Gasteiger partial charge in [0.15, 0.2) is 11.5 Å². The summed E-state index contributed by atoms with van der Waals surface area (Å²) < 4.78 is 22.6. The third-order valence-corrected chi connectivity index (χ3v) is 7.06. The monoisotopic (exact) mass is 501 g/mol. The van der Waals surface area contributed by atoms with Crippen molar-refractivity contribution in [1.29, 1.82) is 0 Å². The number of aromatic nitrogens is 2. The van der Waals surface area contributed by atoms with Gasteiger partial charge in [-0.05, 0) is 60.9 Å². The SMILES string of the molecule is COc1ccc(CCOc2cc(N3CCOCC3)cc(Cc3ccc4[nH]c(C)c(C)c4c3)n2)cc1OC. The summed E-state index contributed by atoms with van der Waals surface area (Å²) in [7, 11) is 3.29. The number of aryl methyl sites for hydroxylation is 2. The number of fused-ring (bicyclic) bond motifs is 1. The Kier molecular flexibility index (Phi) is 7.51. The molecule has 0 radical (unpaired) electrons. The van der Waals surface area contributed by atoms with Crippen molar-refractivity contribution in [3.63, 3.8) is 0 Å². The molecule has 0 bridgehead atoms. The maximum Gasteiger partial charge on any atom is 0.215 e. The molecule has 2 aromatic carbocycles. The topological polar surface area (TPSA) is 68.8 Å². The van der Waals surface area contributed by atoms with Crippen molar-refractivity contribution in [3.05, 3.63) is 76.6 Å². The Balaban J connectivity index is 1.36. The largest absolute Gasteiger partial charge is 0.493 e. The number of nitrogens with zero attached hydrogens (tertiary/aromatic N) is 2. The summed E-state index contributed by atoms with van der Waals surface area (Å²) in [5.74, 6) is 2.09. The van der Waals surface area contributed by atoms with Gasteiger partial charge in [-0.3, -0.25) is 0 Å². The van der Waals surface area contributed by atoms with Crippen LogP contribution in [0.1, 0.15) is 28.1 Å². The van der Waals surface area contributed by atoms with Crippen molar-refractivity contribution in [2.24, 2.45) is 0 Å². The zero-order chi connectivity index (χ0) is 25.8. The molecule has 0 unspecified atom stereocenters. The van der Waals surface area contributed by atoms with E-state index in [9.17, 15) is 0 Å². The molecule has 37 heavy (non-hydrogen) atoms. The lowest BCUT2D eigenvalue weighted by atomic mass is 10.0. The summed E-state index contributed by atoms with van der Waals surface area (Å²) in [5, 5.41) is 1.27. The average Bonchev–Trinajstić information content (AvgIpc) is 3.21. The summed E-state index contributed by atoms with van der Waals surface area (Å²) in [6, 6.07) is 16.8. The van der Waals surface area contributed by atoms with Gasteiger partial charge < -0.3 is 28.8 Å². The third-order valence-electron chi connectivity index (χ3n) is 7.06. The number of pyridine rings is 1. The van der Waals surface area contributed by atoms with Crippen LogP contribution in [-0.4, -0.2) is 57.1 Å². The van der Waals surface area contributed by atoms with Crippen molar-refractivity contribution in [1.82, 2.24) is 9.97 Å². The van der Waals surface area contributed by atoms with E-state index in [0.717, 1.165) is 67.6 Å². The van der Waals surface area contributed by atoms with Gasteiger partial charge in [-0.15, -0.1) is 0 Å². The van der Waals surface area contributed by atoms with E-state index in [4.69, 9.17) is 23.9 Å². The summed E-state index contributed by atoms with van der Waals surface area (Å²) in [5.41, 5.74) is 8.16. The van der Waals surface area contributed by atoms with Gasteiger partial charge in [-0.25, -0.2) is 4.98 Å². The van der Waals surface area contributed by atoms with Gasteiger partial charge in [0.1, 0.15) is 0 Å².